The second-order valence-electron chi connectivity index (χ2n) is 7.56. The van der Waals surface area contributed by atoms with Crippen LogP contribution in [0.25, 0.3) is 0 Å². The van der Waals surface area contributed by atoms with Crippen LogP contribution in [0.4, 0.5) is 5.69 Å². The molecule has 2 aromatic carbocycles. The maximum absolute atomic E-state index is 12.5. The van der Waals surface area contributed by atoms with E-state index in [0.29, 0.717) is 23.9 Å². The summed E-state index contributed by atoms with van der Waals surface area (Å²) < 4.78 is 13.3. The number of nitrogens with one attached hydrogen (secondary N) is 1. The molecule has 1 fully saturated rings. The zero-order valence-corrected chi connectivity index (χ0v) is 18.1. The van der Waals surface area contributed by atoms with E-state index < -0.39 is 0 Å². The lowest BCUT2D eigenvalue weighted by molar-refractivity contribution is -0.113. The molecule has 32 heavy (non-hydrogen) atoms. The van der Waals surface area contributed by atoms with E-state index in [4.69, 9.17) is 9.15 Å². The van der Waals surface area contributed by atoms with Gasteiger partial charge in [0.15, 0.2) is 5.16 Å². The van der Waals surface area contributed by atoms with Gasteiger partial charge in [-0.25, -0.2) is 0 Å². The Kier molecular flexibility index (Phi) is 5.93. The maximum Gasteiger partial charge on any atom is 0.234 e. The summed E-state index contributed by atoms with van der Waals surface area (Å²) in [6.45, 7) is 0.568. The molecule has 1 aliphatic carbocycles. The van der Waals surface area contributed by atoms with Crippen LogP contribution in [-0.2, 0) is 11.3 Å². The lowest BCUT2D eigenvalue weighted by atomic mass is 10.3. The van der Waals surface area contributed by atoms with Crippen LogP contribution in [0.15, 0.2) is 82.6 Å². The third kappa shape index (κ3) is 5.03. The van der Waals surface area contributed by atoms with Gasteiger partial charge >= 0.3 is 0 Å². The molecule has 162 valence electrons. The maximum atomic E-state index is 12.5. The van der Waals surface area contributed by atoms with Crippen LogP contribution in [0.1, 0.15) is 30.3 Å². The van der Waals surface area contributed by atoms with Gasteiger partial charge in [0.2, 0.25) is 5.91 Å². The van der Waals surface area contributed by atoms with E-state index in [9.17, 15) is 4.79 Å². The molecule has 0 aliphatic heterocycles. The van der Waals surface area contributed by atoms with Crippen molar-refractivity contribution in [1.82, 2.24) is 14.8 Å². The fourth-order valence-corrected chi connectivity index (χ4v) is 4.06. The SMILES string of the molecule is O=C(CSc1nnc(C2CC2)n1Cc1ccco1)Nc1ccc(Oc2ccccc2)cc1. The van der Waals surface area contributed by atoms with Gasteiger partial charge in [-0.15, -0.1) is 10.2 Å². The molecule has 0 spiro atoms. The first kappa shape index (κ1) is 20.4. The predicted octanol–water partition coefficient (Wildman–Crippen LogP) is 5.32. The zero-order valence-electron chi connectivity index (χ0n) is 17.3. The highest BCUT2D eigenvalue weighted by molar-refractivity contribution is 7.99. The largest absolute Gasteiger partial charge is 0.467 e. The lowest BCUT2D eigenvalue weighted by Gasteiger charge is -2.09. The standard InChI is InChI=1S/C24H22N4O3S/c29-22(25-18-10-12-20(13-11-18)31-19-5-2-1-3-6-19)16-32-24-27-26-23(17-8-9-17)28(24)15-21-7-4-14-30-21/h1-7,10-14,17H,8-9,15-16H2,(H,25,29). The minimum absolute atomic E-state index is 0.104. The molecule has 0 unspecified atom stereocenters. The van der Waals surface area contributed by atoms with Crippen molar-refractivity contribution in [3.05, 3.63) is 84.6 Å². The first-order chi connectivity index (χ1) is 15.7. The summed E-state index contributed by atoms with van der Waals surface area (Å²) >= 11 is 1.38. The third-order valence-electron chi connectivity index (χ3n) is 5.03. The number of rotatable bonds is 9. The van der Waals surface area contributed by atoms with Crippen LogP contribution < -0.4 is 10.1 Å². The monoisotopic (exact) mass is 446 g/mol. The van der Waals surface area contributed by atoms with Gasteiger partial charge in [-0.05, 0) is 61.4 Å². The summed E-state index contributed by atoms with van der Waals surface area (Å²) in [6.07, 6.45) is 3.92. The number of anilines is 1. The molecule has 1 saturated carbocycles. The molecule has 0 atom stereocenters. The van der Waals surface area contributed by atoms with E-state index >= 15 is 0 Å². The van der Waals surface area contributed by atoms with E-state index in [0.717, 1.165) is 35.3 Å². The fourth-order valence-electron chi connectivity index (χ4n) is 3.32. The van der Waals surface area contributed by atoms with E-state index in [-0.39, 0.29) is 11.7 Å². The van der Waals surface area contributed by atoms with E-state index in [2.05, 4.69) is 20.1 Å². The summed E-state index contributed by atoms with van der Waals surface area (Å²) in [5, 5.41) is 12.3. The minimum Gasteiger partial charge on any atom is -0.467 e. The number of carbonyl (C=O) groups is 1. The van der Waals surface area contributed by atoms with Crippen LogP contribution >= 0.6 is 11.8 Å². The molecular formula is C24H22N4O3S. The number of thioether (sulfide) groups is 1. The number of aromatic nitrogens is 3. The molecule has 5 rings (SSSR count). The first-order valence-electron chi connectivity index (χ1n) is 10.5. The van der Waals surface area contributed by atoms with Gasteiger partial charge in [0, 0.05) is 11.6 Å². The van der Waals surface area contributed by atoms with Crippen LogP contribution in [0.3, 0.4) is 0 Å². The Morgan fingerprint density at radius 3 is 2.53 bits per heavy atom. The van der Waals surface area contributed by atoms with Crippen molar-refractivity contribution >= 4 is 23.4 Å². The van der Waals surface area contributed by atoms with E-state index in [1.807, 2.05) is 66.7 Å². The smallest absolute Gasteiger partial charge is 0.234 e. The van der Waals surface area contributed by atoms with Gasteiger partial charge in [-0.2, -0.15) is 0 Å². The Hall–Kier alpha value is -3.52. The van der Waals surface area contributed by atoms with Crippen molar-refractivity contribution < 1.29 is 13.9 Å². The summed E-state index contributed by atoms with van der Waals surface area (Å²) in [4.78, 5) is 12.5. The summed E-state index contributed by atoms with van der Waals surface area (Å²) in [5.41, 5.74) is 0.715. The number of nitrogens with zero attached hydrogens (tertiary/aromatic N) is 3. The van der Waals surface area contributed by atoms with E-state index in [1.54, 1.807) is 6.26 Å². The summed E-state index contributed by atoms with van der Waals surface area (Å²) in [7, 11) is 0. The average molecular weight is 447 g/mol. The second-order valence-corrected chi connectivity index (χ2v) is 8.50. The molecule has 1 amide bonds. The number of benzene rings is 2. The Bertz CT molecular complexity index is 1170. The highest BCUT2D eigenvalue weighted by Gasteiger charge is 2.30. The topological polar surface area (TPSA) is 82.2 Å². The normalized spacial score (nSPS) is 13.1. The highest BCUT2D eigenvalue weighted by Crippen LogP contribution is 2.40. The number of furan rings is 1. The number of para-hydroxylation sites is 1. The van der Waals surface area contributed by atoms with Crippen LogP contribution in [0, 0.1) is 0 Å². The molecule has 1 aliphatic rings. The van der Waals surface area contributed by atoms with Crippen molar-refractivity contribution in [3.63, 3.8) is 0 Å². The van der Waals surface area contributed by atoms with Crippen molar-refractivity contribution in [2.24, 2.45) is 0 Å². The number of hydrogen-bond donors (Lipinski definition) is 1. The molecule has 4 aromatic rings. The lowest BCUT2D eigenvalue weighted by Crippen LogP contribution is -2.15. The highest BCUT2D eigenvalue weighted by atomic mass is 32.2. The summed E-state index contributed by atoms with van der Waals surface area (Å²) in [5.74, 6) is 3.88. The average Bonchev–Trinajstić information content (AvgIpc) is 3.37. The minimum atomic E-state index is -0.104. The van der Waals surface area contributed by atoms with Gasteiger partial charge in [0.25, 0.3) is 0 Å². The Morgan fingerprint density at radius 1 is 1.03 bits per heavy atom. The molecule has 2 heterocycles. The molecule has 8 heteroatoms. The van der Waals surface area contributed by atoms with Crippen LogP contribution in [0.5, 0.6) is 11.5 Å². The molecular weight excluding hydrogens is 424 g/mol. The van der Waals surface area contributed by atoms with Crippen LogP contribution in [0.2, 0.25) is 0 Å². The van der Waals surface area contributed by atoms with Crippen molar-refractivity contribution in [1.29, 1.82) is 0 Å². The van der Waals surface area contributed by atoms with Gasteiger partial charge in [0.1, 0.15) is 23.1 Å². The second kappa shape index (κ2) is 9.32. The van der Waals surface area contributed by atoms with Gasteiger partial charge in [0.05, 0.1) is 18.6 Å². The first-order valence-corrected chi connectivity index (χ1v) is 11.4. The predicted molar refractivity (Wildman–Crippen MR) is 122 cm³/mol. The number of hydrogen-bond acceptors (Lipinski definition) is 6. The quantitative estimate of drug-likeness (QED) is 0.351. The Balaban J connectivity index is 1.18. The third-order valence-corrected chi connectivity index (χ3v) is 6.00. The number of amides is 1. The van der Waals surface area contributed by atoms with Gasteiger partial charge in [-0.3, -0.25) is 9.36 Å². The molecule has 7 nitrogen and oxygen atoms in total. The van der Waals surface area contributed by atoms with Crippen molar-refractivity contribution in [2.75, 3.05) is 11.1 Å². The Labute approximate surface area is 189 Å². The molecule has 0 bridgehead atoms. The molecule has 2 aromatic heterocycles. The van der Waals surface area contributed by atoms with Crippen molar-refractivity contribution in [3.8, 4) is 11.5 Å². The molecule has 1 N–H and O–H groups in total. The van der Waals surface area contributed by atoms with Crippen molar-refractivity contribution in [2.45, 2.75) is 30.5 Å². The van der Waals surface area contributed by atoms with Gasteiger partial charge in [-0.1, -0.05) is 30.0 Å². The number of carbonyl (C=O) groups excluding carboxylic acids is 1. The fraction of sp³-hybridized carbons (Fsp3) is 0.208. The Morgan fingerprint density at radius 2 is 1.81 bits per heavy atom. The zero-order chi connectivity index (χ0) is 21.8. The van der Waals surface area contributed by atoms with Gasteiger partial charge < -0.3 is 14.5 Å². The van der Waals surface area contributed by atoms with Crippen LogP contribution in [-0.4, -0.2) is 26.4 Å². The molecule has 0 saturated heterocycles. The molecule has 0 radical (unpaired) electrons. The number of ether oxygens (including phenoxy) is 1. The van der Waals surface area contributed by atoms with E-state index in [1.165, 1.54) is 11.8 Å². The summed E-state index contributed by atoms with van der Waals surface area (Å²) in [6, 6.07) is 20.7.